The third-order valence-electron chi connectivity index (χ3n) is 1.74. The van der Waals surface area contributed by atoms with Crippen LogP contribution in [0, 0.1) is 11.3 Å². The van der Waals surface area contributed by atoms with E-state index < -0.39 is 10.2 Å². The molecule has 0 saturated heterocycles. The first-order chi connectivity index (χ1) is 6.45. The molecular formula is C8H9N3O2S. The first-order valence-electron chi connectivity index (χ1n) is 3.72. The fraction of sp³-hybridized carbons (Fsp3) is 0.125. The normalized spacial score (nSPS) is 10.6. The van der Waals surface area contributed by atoms with Crippen LogP contribution in [0.15, 0.2) is 24.3 Å². The maximum absolute atomic E-state index is 10.9. The fourth-order valence-electron chi connectivity index (χ4n) is 0.893. The quantitative estimate of drug-likeness (QED) is 0.757. The molecule has 0 saturated carbocycles. The minimum absolute atomic E-state index is 0.423. The first kappa shape index (κ1) is 10.5. The molecule has 5 nitrogen and oxygen atoms in total. The Hall–Kier alpha value is -1.58. The van der Waals surface area contributed by atoms with Crippen molar-refractivity contribution in [3.05, 3.63) is 29.8 Å². The lowest BCUT2D eigenvalue weighted by atomic mass is 10.2. The topological polar surface area (TPSA) is 87.2 Å². The maximum atomic E-state index is 10.9. The highest BCUT2D eigenvalue weighted by Gasteiger charge is 2.11. The molecule has 74 valence electrons. The van der Waals surface area contributed by atoms with Gasteiger partial charge in [0.2, 0.25) is 0 Å². The van der Waals surface area contributed by atoms with Gasteiger partial charge in [-0.25, -0.2) is 5.14 Å². The van der Waals surface area contributed by atoms with Crippen LogP contribution < -0.4 is 9.44 Å². The van der Waals surface area contributed by atoms with Crippen molar-refractivity contribution in [3.63, 3.8) is 0 Å². The molecule has 0 heterocycles. The van der Waals surface area contributed by atoms with Crippen LogP contribution in [0.1, 0.15) is 5.56 Å². The summed E-state index contributed by atoms with van der Waals surface area (Å²) in [6.07, 6.45) is 0. The lowest BCUT2D eigenvalue weighted by Crippen LogP contribution is -2.32. The van der Waals surface area contributed by atoms with Crippen molar-refractivity contribution in [2.24, 2.45) is 5.14 Å². The van der Waals surface area contributed by atoms with Gasteiger partial charge in [-0.15, -0.1) is 0 Å². The van der Waals surface area contributed by atoms with Crippen LogP contribution >= 0.6 is 0 Å². The standard InChI is InChI=1S/C8H9N3O2S/c1-11(14(10,12)13)8-4-2-7(6-9)3-5-8/h2-5H,1H3,(H2,10,12,13). The maximum Gasteiger partial charge on any atom is 0.298 e. The van der Waals surface area contributed by atoms with Gasteiger partial charge in [-0.05, 0) is 24.3 Å². The molecule has 0 bridgehead atoms. The lowest BCUT2D eigenvalue weighted by molar-refractivity contribution is 0.596. The molecule has 1 aromatic carbocycles. The second-order valence-electron chi connectivity index (χ2n) is 2.67. The monoisotopic (exact) mass is 211 g/mol. The molecule has 0 fully saturated rings. The smallest absolute Gasteiger partial charge is 0.261 e. The molecule has 0 aliphatic carbocycles. The number of nitriles is 1. The van der Waals surface area contributed by atoms with Gasteiger partial charge in [-0.2, -0.15) is 13.7 Å². The van der Waals surface area contributed by atoms with E-state index in [1.165, 1.54) is 31.3 Å². The van der Waals surface area contributed by atoms with E-state index in [0.717, 1.165) is 4.31 Å². The molecular weight excluding hydrogens is 202 g/mol. The summed E-state index contributed by atoms with van der Waals surface area (Å²) in [7, 11) is -2.38. The summed E-state index contributed by atoms with van der Waals surface area (Å²) in [4.78, 5) is 0. The van der Waals surface area contributed by atoms with Crippen molar-refractivity contribution < 1.29 is 8.42 Å². The summed E-state index contributed by atoms with van der Waals surface area (Å²) in [5.74, 6) is 0. The SMILES string of the molecule is CN(c1ccc(C#N)cc1)S(N)(=O)=O. The van der Waals surface area contributed by atoms with Crippen LogP contribution in [-0.4, -0.2) is 15.5 Å². The van der Waals surface area contributed by atoms with Crippen molar-refractivity contribution in [1.82, 2.24) is 0 Å². The van der Waals surface area contributed by atoms with Gasteiger partial charge in [-0.3, -0.25) is 4.31 Å². The van der Waals surface area contributed by atoms with Crippen molar-refractivity contribution >= 4 is 15.9 Å². The lowest BCUT2D eigenvalue weighted by Gasteiger charge is -2.15. The van der Waals surface area contributed by atoms with Crippen LogP contribution in [0.25, 0.3) is 0 Å². The Bertz CT molecular complexity index is 458. The molecule has 0 radical (unpaired) electrons. The molecule has 0 aliphatic rings. The van der Waals surface area contributed by atoms with Gasteiger partial charge in [0.15, 0.2) is 0 Å². The van der Waals surface area contributed by atoms with Crippen molar-refractivity contribution in [2.45, 2.75) is 0 Å². The Balaban J connectivity index is 3.06. The Kier molecular flexibility index (Phi) is 2.74. The highest BCUT2D eigenvalue weighted by atomic mass is 32.2. The van der Waals surface area contributed by atoms with Crippen LogP contribution in [-0.2, 0) is 10.2 Å². The van der Waals surface area contributed by atoms with E-state index in [4.69, 9.17) is 10.4 Å². The summed E-state index contributed by atoms with van der Waals surface area (Å²) in [6, 6.07) is 8.02. The Morgan fingerprint density at radius 3 is 2.21 bits per heavy atom. The summed E-state index contributed by atoms with van der Waals surface area (Å²) < 4.78 is 22.8. The summed E-state index contributed by atoms with van der Waals surface area (Å²) in [5.41, 5.74) is 0.892. The molecule has 6 heteroatoms. The van der Waals surface area contributed by atoms with E-state index in [9.17, 15) is 8.42 Å². The predicted octanol–water partition coefficient (Wildman–Crippen LogP) is 0.198. The van der Waals surface area contributed by atoms with E-state index >= 15 is 0 Å². The van der Waals surface area contributed by atoms with Gasteiger partial charge in [0.25, 0.3) is 10.2 Å². The van der Waals surface area contributed by atoms with E-state index in [0.29, 0.717) is 11.3 Å². The van der Waals surface area contributed by atoms with E-state index in [1.54, 1.807) is 0 Å². The summed E-state index contributed by atoms with van der Waals surface area (Å²) in [6.45, 7) is 0. The third kappa shape index (κ3) is 2.22. The zero-order valence-corrected chi connectivity index (χ0v) is 8.32. The highest BCUT2D eigenvalue weighted by molar-refractivity contribution is 7.90. The molecule has 0 amide bonds. The number of rotatable bonds is 2. The van der Waals surface area contributed by atoms with E-state index in [-0.39, 0.29) is 0 Å². The molecule has 0 aliphatic heterocycles. The zero-order chi connectivity index (χ0) is 10.8. The van der Waals surface area contributed by atoms with Gasteiger partial charge < -0.3 is 0 Å². The molecule has 14 heavy (non-hydrogen) atoms. The number of hydrogen-bond acceptors (Lipinski definition) is 3. The number of nitrogens with zero attached hydrogens (tertiary/aromatic N) is 2. The minimum Gasteiger partial charge on any atom is -0.261 e. The van der Waals surface area contributed by atoms with Crippen LogP contribution in [0.2, 0.25) is 0 Å². The number of benzene rings is 1. The predicted molar refractivity (Wildman–Crippen MR) is 52.7 cm³/mol. The molecule has 0 unspecified atom stereocenters. The number of anilines is 1. The number of hydrogen-bond donors (Lipinski definition) is 1. The highest BCUT2D eigenvalue weighted by Crippen LogP contribution is 2.14. The molecule has 1 aromatic rings. The van der Waals surface area contributed by atoms with Crippen LogP contribution in [0.5, 0.6) is 0 Å². The molecule has 0 atom stereocenters. The molecule has 2 N–H and O–H groups in total. The first-order valence-corrected chi connectivity index (χ1v) is 5.22. The van der Waals surface area contributed by atoms with Gasteiger partial charge in [-0.1, -0.05) is 0 Å². The van der Waals surface area contributed by atoms with Crippen LogP contribution in [0.3, 0.4) is 0 Å². The third-order valence-corrected chi connectivity index (χ3v) is 2.72. The van der Waals surface area contributed by atoms with Gasteiger partial charge >= 0.3 is 0 Å². The largest absolute Gasteiger partial charge is 0.298 e. The van der Waals surface area contributed by atoms with E-state index in [1.807, 2.05) is 6.07 Å². The summed E-state index contributed by atoms with van der Waals surface area (Å²) in [5, 5.41) is 13.4. The van der Waals surface area contributed by atoms with Gasteiger partial charge in [0, 0.05) is 7.05 Å². The second-order valence-corrected chi connectivity index (χ2v) is 4.25. The average molecular weight is 211 g/mol. The fourth-order valence-corrected chi connectivity index (χ4v) is 1.31. The zero-order valence-electron chi connectivity index (χ0n) is 7.51. The average Bonchev–Trinajstić information content (AvgIpc) is 2.15. The van der Waals surface area contributed by atoms with Crippen molar-refractivity contribution in [2.75, 3.05) is 11.4 Å². The Morgan fingerprint density at radius 1 is 1.36 bits per heavy atom. The summed E-state index contributed by atoms with van der Waals surface area (Å²) >= 11 is 0. The second kappa shape index (κ2) is 3.65. The molecule has 0 spiro atoms. The van der Waals surface area contributed by atoms with Crippen LogP contribution in [0.4, 0.5) is 5.69 Å². The minimum atomic E-state index is -3.73. The van der Waals surface area contributed by atoms with Crippen molar-refractivity contribution in [3.8, 4) is 6.07 Å². The van der Waals surface area contributed by atoms with Gasteiger partial charge in [0.1, 0.15) is 0 Å². The van der Waals surface area contributed by atoms with Gasteiger partial charge in [0.05, 0.1) is 17.3 Å². The number of nitrogens with two attached hydrogens (primary N) is 1. The Morgan fingerprint density at radius 2 is 1.86 bits per heavy atom. The van der Waals surface area contributed by atoms with E-state index in [2.05, 4.69) is 0 Å². The molecule has 1 rings (SSSR count). The molecule has 0 aromatic heterocycles. The van der Waals surface area contributed by atoms with Crippen molar-refractivity contribution in [1.29, 1.82) is 5.26 Å². The Labute approximate surface area is 82.5 Å².